The maximum Gasteiger partial charge on any atom is 0.407 e. The van der Waals surface area contributed by atoms with Crippen LogP contribution in [0.25, 0.3) is 0 Å². The van der Waals surface area contributed by atoms with Crippen molar-refractivity contribution < 1.29 is 14.3 Å². The highest BCUT2D eigenvalue weighted by molar-refractivity contribution is 5.68. The lowest BCUT2D eigenvalue weighted by atomic mass is 9.73. The number of carbonyl (C=O) groups excluding carboxylic acids is 1. The fourth-order valence-corrected chi connectivity index (χ4v) is 4.11. The van der Waals surface area contributed by atoms with Gasteiger partial charge >= 0.3 is 6.09 Å². The van der Waals surface area contributed by atoms with Crippen molar-refractivity contribution in [2.24, 2.45) is 0 Å². The first kappa shape index (κ1) is 15.0. The molecule has 0 atom stereocenters. The summed E-state index contributed by atoms with van der Waals surface area (Å²) in [5, 5.41) is 3.18. The third-order valence-electron chi connectivity index (χ3n) is 5.54. The molecule has 23 heavy (non-hydrogen) atoms. The zero-order valence-corrected chi connectivity index (χ0v) is 13.4. The van der Waals surface area contributed by atoms with Gasteiger partial charge in [-0.05, 0) is 31.2 Å². The highest BCUT2D eigenvalue weighted by atomic mass is 16.5. The number of benzene rings is 1. The summed E-state index contributed by atoms with van der Waals surface area (Å²) in [5.74, 6) is 0. The van der Waals surface area contributed by atoms with E-state index in [1.807, 2.05) is 30.3 Å². The van der Waals surface area contributed by atoms with Crippen molar-refractivity contribution in [1.29, 1.82) is 0 Å². The fourth-order valence-electron chi connectivity index (χ4n) is 4.11. The van der Waals surface area contributed by atoms with Gasteiger partial charge in [0.1, 0.15) is 6.61 Å². The van der Waals surface area contributed by atoms with Crippen LogP contribution in [0.1, 0.15) is 31.2 Å². The molecule has 3 aliphatic heterocycles. The maximum atomic E-state index is 12.2. The zero-order chi connectivity index (χ0) is 15.7. The van der Waals surface area contributed by atoms with Gasteiger partial charge in [0.2, 0.25) is 0 Å². The molecule has 124 valence electrons. The molecule has 1 aromatic rings. The molecule has 1 saturated carbocycles. The number of rotatable bonds is 4. The topological polar surface area (TPSA) is 50.8 Å². The van der Waals surface area contributed by atoms with Gasteiger partial charge in [0.25, 0.3) is 0 Å². The molecule has 0 spiro atoms. The van der Waals surface area contributed by atoms with Crippen LogP contribution < -0.4 is 5.32 Å². The summed E-state index contributed by atoms with van der Waals surface area (Å²) >= 11 is 0. The lowest BCUT2D eigenvalue weighted by Gasteiger charge is -2.56. The van der Waals surface area contributed by atoms with Crippen LogP contribution in [-0.4, -0.2) is 48.4 Å². The summed E-state index contributed by atoms with van der Waals surface area (Å²) < 4.78 is 10.8. The highest BCUT2D eigenvalue weighted by Gasteiger charge is 2.48. The molecular formula is C18H24N2O3. The van der Waals surface area contributed by atoms with E-state index in [-0.39, 0.29) is 11.6 Å². The van der Waals surface area contributed by atoms with Gasteiger partial charge in [-0.15, -0.1) is 0 Å². The third kappa shape index (κ3) is 3.08. The van der Waals surface area contributed by atoms with Gasteiger partial charge in [0.05, 0.1) is 24.8 Å². The van der Waals surface area contributed by atoms with Gasteiger partial charge in [0.15, 0.2) is 0 Å². The molecule has 0 radical (unpaired) electrons. The molecule has 1 aromatic carbocycles. The van der Waals surface area contributed by atoms with E-state index in [9.17, 15) is 4.79 Å². The number of nitrogens with one attached hydrogen (secondary N) is 1. The number of amides is 1. The molecule has 5 rings (SSSR count). The Hall–Kier alpha value is -1.59. The van der Waals surface area contributed by atoms with E-state index in [0.717, 1.165) is 51.0 Å². The molecule has 5 nitrogen and oxygen atoms in total. The molecule has 0 aromatic heterocycles. The smallest absolute Gasteiger partial charge is 0.407 e. The molecule has 1 N–H and O–H groups in total. The molecule has 2 bridgehead atoms. The molecule has 3 heterocycles. The lowest BCUT2D eigenvalue weighted by molar-refractivity contribution is -0.118. The van der Waals surface area contributed by atoms with E-state index in [1.54, 1.807) is 0 Å². The normalized spacial score (nSPS) is 30.7. The largest absolute Gasteiger partial charge is 0.445 e. The van der Waals surface area contributed by atoms with E-state index in [2.05, 4.69) is 10.2 Å². The van der Waals surface area contributed by atoms with Crippen molar-refractivity contribution in [3.63, 3.8) is 0 Å². The minimum absolute atomic E-state index is 0.113. The molecule has 3 saturated heterocycles. The molecule has 0 unspecified atom stereocenters. The van der Waals surface area contributed by atoms with Crippen molar-refractivity contribution >= 4 is 6.09 Å². The molecule has 1 aliphatic carbocycles. The van der Waals surface area contributed by atoms with Crippen LogP contribution in [0.15, 0.2) is 30.3 Å². The number of nitrogens with zero attached hydrogens (tertiary/aromatic N) is 1. The second-order valence-electron chi connectivity index (χ2n) is 7.06. The summed E-state index contributed by atoms with van der Waals surface area (Å²) in [4.78, 5) is 14.8. The van der Waals surface area contributed by atoms with Gasteiger partial charge in [-0.1, -0.05) is 30.3 Å². The Balaban J connectivity index is 1.34. The zero-order valence-electron chi connectivity index (χ0n) is 13.4. The van der Waals surface area contributed by atoms with Crippen molar-refractivity contribution in [3.8, 4) is 0 Å². The monoisotopic (exact) mass is 316 g/mol. The molecule has 5 heteroatoms. The standard InChI is InChI=1S/C18H24N2O3/c21-17(23-10-14-4-2-1-3-5-14)19-18-8-6-15(7-9-18)20(13-18)16-11-22-12-16/h1-5,15-16H,6-13H2,(H,19,21). The number of carbonyl (C=O) groups is 1. The average Bonchev–Trinajstić information content (AvgIpc) is 2.53. The van der Waals surface area contributed by atoms with Crippen LogP contribution in [0.5, 0.6) is 0 Å². The average molecular weight is 316 g/mol. The minimum Gasteiger partial charge on any atom is -0.445 e. The van der Waals surface area contributed by atoms with Crippen LogP contribution in [-0.2, 0) is 16.1 Å². The number of ether oxygens (including phenoxy) is 2. The van der Waals surface area contributed by atoms with E-state index in [1.165, 1.54) is 0 Å². The summed E-state index contributed by atoms with van der Waals surface area (Å²) in [6.45, 7) is 2.94. The van der Waals surface area contributed by atoms with Crippen LogP contribution in [0, 0.1) is 0 Å². The Labute approximate surface area is 136 Å². The Morgan fingerprint density at radius 3 is 2.61 bits per heavy atom. The second-order valence-corrected chi connectivity index (χ2v) is 7.06. The first-order valence-corrected chi connectivity index (χ1v) is 8.56. The van der Waals surface area contributed by atoms with Crippen LogP contribution in [0.4, 0.5) is 4.79 Å². The predicted octanol–water partition coefficient (Wildman–Crippen LogP) is 2.31. The predicted molar refractivity (Wildman–Crippen MR) is 86.1 cm³/mol. The van der Waals surface area contributed by atoms with Gasteiger partial charge in [0, 0.05) is 12.6 Å². The summed E-state index contributed by atoms with van der Waals surface area (Å²) in [7, 11) is 0. The first-order chi connectivity index (χ1) is 11.2. The quantitative estimate of drug-likeness (QED) is 0.926. The molecule has 4 fully saturated rings. The first-order valence-electron chi connectivity index (χ1n) is 8.56. The van der Waals surface area contributed by atoms with Crippen molar-refractivity contribution in [1.82, 2.24) is 10.2 Å². The van der Waals surface area contributed by atoms with E-state index < -0.39 is 0 Å². The van der Waals surface area contributed by atoms with Gasteiger partial charge in [-0.2, -0.15) is 0 Å². The summed E-state index contributed by atoms with van der Waals surface area (Å²) in [6, 6.07) is 11.0. The number of alkyl carbamates (subject to hydrolysis) is 1. The van der Waals surface area contributed by atoms with Gasteiger partial charge < -0.3 is 14.8 Å². The fraction of sp³-hybridized carbons (Fsp3) is 0.611. The highest BCUT2D eigenvalue weighted by Crippen LogP contribution is 2.40. The van der Waals surface area contributed by atoms with Crippen LogP contribution in [0.3, 0.4) is 0 Å². The maximum absolute atomic E-state index is 12.2. The van der Waals surface area contributed by atoms with Gasteiger partial charge in [-0.3, -0.25) is 4.90 Å². The number of piperidine rings is 2. The third-order valence-corrected chi connectivity index (χ3v) is 5.54. The van der Waals surface area contributed by atoms with Gasteiger partial charge in [-0.25, -0.2) is 4.79 Å². The van der Waals surface area contributed by atoms with Crippen molar-refractivity contribution in [2.75, 3.05) is 19.8 Å². The summed E-state index contributed by atoms with van der Waals surface area (Å²) in [5.41, 5.74) is 0.902. The minimum atomic E-state index is -0.293. The lowest BCUT2D eigenvalue weighted by Crippen LogP contribution is -2.69. The van der Waals surface area contributed by atoms with Crippen LogP contribution >= 0.6 is 0 Å². The van der Waals surface area contributed by atoms with Crippen molar-refractivity contribution in [2.45, 2.75) is 49.9 Å². The van der Waals surface area contributed by atoms with Crippen molar-refractivity contribution in [3.05, 3.63) is 35.9 Å². The van der Waals surface area contributed by atoms with Crippen LogP contribution in [0.2, 0.25) is 0 Å². The molecular weight excluding hydrogens is 292 g/mol. The SMILES string of the molecule is O=C(NC12CCC(CC1)N(C1COC1)C2)OCc1ccccc1. The number of hydrogen-bond donors (Lipinski definition) is 1. The number of fused-ring (bicyclic) bond motifs is 3. The molecule has 4 aliphatic rings. The number of hydrogen-bond acceptors (Lipinski definition) is 4. The Bertz CT molecular complexity index is 551. The Morgan fingerprint density at radius 1 is 1.22 bits per heavy atom. The Morgan fingerprint density at radius 2 is 1.96 bits per heavy atom. The Kier molecular flexibility index (Phi) is 3.99. The second kappa shape index (κ2) is 6.13. The van der Waals surface area contributed by atoms with E-state index in [4.69, 9.17) is 9.47 Å². The molecule has 1 amide bonds. The summed E-state index contributed by atoms with van der Waals surface area (Å²) in [6.07, 6.45) is 4.15. The van der Waals surface area contributed by atoms with E-state index >= 15 is 0 Å². The van der Waals surface area contributed by atoms with E-state index in [0.29, 0.717) is 18.7 Å².